The van der Waals surface area contributed by atoms with Crippen molar-refractivity contribution in [3.8, 4) is 0 Å². The molecule has 0 aliphatic heterocycles. The maximum atomic E-state index is 11.9. The summed E-state index contributed by atoms with van der Waals surface area (Å²) in [5, 5.41) is 8.71. The molecule has 0 unspecified atom stereocenters. The fraction of sp³-hybridized carbons (Fsp3) is 0.889. The van der Waals surface area contributed by atoms with Gasteiger partial charge in [-0.15, -0.1) is 0 Å². The standard InChI is InChI=1S/C9H19N3O4S/c1-11(2)5-6-12(7-9(13)14)17(15,16)10-8-3-4-8/h8,10H,3-7H2,1-2H3,(H,13,14). The van der Waals surface area contributed by atoms with Crippen LogP contribution in [0.1, 0.15) is 12.8 Å². The van der Waals surface area contributed by atoms with Gasteiger partial charge >= 0.3 is 5.97 Å². The largest absolute Gasteiger partial charge is 0.480 e. The molecule has 0 saturated heterocycles. The first-order chi connectivity index (χ1) is 7.81. The van der Waals surface area contributed by atoms with E-state index in [9.17, 15) is 13.2 Å². The number of nitrogens with one attached hydrogen (secondary N) is 1. The van der Waals surface area contributed by atoms with Gasteiger partial charge in [-0.1, -0.05) is 0 Å². The Kier molecular flexibility index (Phi) is 4.87. The number of carboxylic acids is 1. The summed E-state index contributed by atoms with van der Waals surface area (Å²) >= 11 is 0. The Hall–Kier alpha value is -0.700. The molecule has 0 heterocycles. The van der Waals surface area contributed by atoms with Gasteiger partial charge in [0.15, 0.2) is 0 Å². The molecule has 17 heavy (non-hydrogen) atoms. The average Bonchev–Trinajstić information content (AvgIpc) is 2.94. The minimum atomic E-state index is -3.67. The molecule has 1 rings (SSSR count). The molecule has 0 spiro atoms. The predicted octanol–water partition coefficient (Wildman–Crippen LogP) is -1.07. The second kappa shape index (κ2) is 5.76. The van der Waals surface area contributed by atoms with E-state index in [4.69, 9.17) is 5.11 Å². The Balaban J connectivity index is 2.62. The van der Waals surface area contributed by atoms with E-state index < -0.39 is 22.7 Å². The van der Waals surface area contributed by atoms with Crippen molar-refractivity contribution in [3.63, 3.8) is 0 Å². The molecular weight excluding hydrogens is 246 g/mol. The van der Waals surface area contributed by atoms with Crippen molar-refractivity contribution >= 4 is 16.2 Å². The second-order valence-corrected chi connectivity index (χ2v) is 6.13. The Bertz CT molecular complexity index is 364. The summed E-state index contributed by atoms with van der Waals surface area (Å²) < 4.78 is 27.2. The number of aliphatic carboxylic acids is 1. The van der Waals surface area contributed by atoms with E-state index >= 15 is 0 Å². The van der Waals surface area contributed by atoms with E-state index in [-0.39, 0.29) is 12.6 Å². The van der Waals surface area contributed by atoms with Gasteiger partial charge in [0, 0.05) is 19.1 Å². The van der Waals surface area contributed by atoms with Crippen molar-refractivity contribution in [1.29, 1.82) is 0 Å². The summed E-state index contributed by atoms with van der Waals surface area (Å²) in [4.78, 5) is 12.5. The van der Waals surface area contributed by atoms with Crippen LogP contribution in [0.15, 0.2) is 0 Å². The molecule has 1 saturated carbocycles. The SMILES string of the molecule is CN(C)CCN(CC(=O)O)S(=O)(=O)NC1CC1. The monoisotopic (exact) mass is 265 g/mol. The fourth-order valence-corrected chi connectivity index (χ4v) is 2.64. The number of hydrogen-bond acceptors (Lipinski definition) is 4. The molecule has 0 aromatic carbocycles. The zero-order valence-electron chi connectivity index (χ0n) is 10.1. The first-order valence-electron chi connectivity index (χ1n) is 5.45. The molecule has 100 valence electrons. The van der Waals surface area contributed by atoms with E-state index in [0.717, 1.165) is 17.1 Å². The summed E-state index contributed by atoms with van der Waals surface area (Å²) in [6, 6.07) is -0.0179. The topological polar surface area (TPSA) is 90.0 Å². The van der Waals surface area contributed by atoms with Gasteiger partial charge in [0.2, 0.25) is 0 Å². The van der Waals surface area contributed by atoms with Crippen molar-refractivity contribution in [3.05, 3.63) is 0 Å². The van der Waals surface area contributed by atoms with Crippen molar-refractivity contribution in [2.45, 2.75) is 18.9 Å². The van der Waals surface area contributed by atoms with E-state index in [1.807, 2.05) is 4.90 Å². The fourth-order valence-electron chi connectivity index (χ4n) is 1.23. The van der Waals surface area contributed by atoms with Crippen LogP contribution >= 0.6 is 0 Å². The number of nitrogens with zero attached hydrogens (tertiary/aromatic N) is 2. The third kappa shape index (κ3) is 5.44. The van der Waals surface area contributed by atoms with Crippen LogP contribution in [0.25, 0.3) is 0 Å². The van der Waals surface area contributed by atoms with E-state index in [0.29, 0.717) is 6.54 Å². The van der Waals surface area contributed by atoms with Crippen molar-refractivity contribution < 1.29 is 18.3 Å². The lowest BCUT2D eigenvalue weighted by molar-refractivity contribution is -0.137. The molecular formula is C9H19N3O4S. The third-order valence-electron chi connectivity index (χ3n) is 2.34. The van der Waals surface area contributed by atoms with Crippen molar-refractivity contribution in [2.75, 3.05) is 33.7 Å². The van der Waals surface area contributed by atoms with Crippen LogP contribution in [0, 0.1) is 0 Å². The summed E-state index contributed by atoms with van der Waals surface area (Å²) in [5.74, 6) is -1.15. The smallest absolute Gasteiger partial charge is 0.318 e. The first kappa shape index (κ1) is 14.4. The number of rotatable bonds is 8. The average molecular weight is 265 g/mol. The molecule has 8 heteroatoms. The van der Waals surface area contributed by atoms with Gasteiger partial charge in [0.1, 0.15) is 6.54 Å². The summed E-state index contributed by atoms with van der Waals surface area (Å²) in [6.07, 6.45) is 1.65. The molecule has 0 amide bonds. The molecule has 1 aliphatic carbocycles. The van der Waals surface area contributed by atoms with Crippen LogP contribution in [0.3, 0.4) is 0 Å². The molecule has 1 fully saturated rings. The zero-order chi connectivity index (χ0) is 13.1. The van der Waals surface area contributed by atoms with Crippen LogP contribution < -0.4 is 4.72 Å². The van der Waals surface area contributed by atoms with Crippen molar-refractivity contribution in [1.82, 2.24) is 13.9 Å². The lowest BCUT2D eigenvalue weighted by atomic mass is 10.5. The van der Waals surface area contributed by atoms with Gasteiger partial charge in [-0.2, -0.15) is 17.4 Å². The lowest BCUT2D eigenvalue weighted by Crippen LogP contribution is -2.46. The number of carboxylic acid groups (broad SMARTS) is 1. The highest BCUT2D eigenvalue weighted by molar-refractivity contribution is 7.87. The van der Waals surface area contributed by atoms with E-state index in [1.54, 1.807) is 14.1 Å². The van der Waals surface area contributed by atoms with Gasteiger partial charge < -0.3 is 10.0 Å². The highest BCUT2D eigenvalue weighted by atomic mass is 32.2. The highest BCUT2D eigenvalue weighted by Gasteiger charge is 2.31. The Morgan fingerprint density at radius 1 is 1.35 bits per heavy atom. The molecule has 0 bridgehead atoms. The maximum absolute atomic E-state index is 11.9. The zero-order valence-corrected chi connectivity index (χ0v) is 10.9. The molecule has 0 atom stereocenters. The molecule has 2 N–H and O–H groups in total. The van der Waals surface area contributed by atoms with Gasteiger partial charge in [0.25, 0.3) is 10.2 Å². The van der Waals surface area contributed by atoms with Gasteiger partial charge in [0.05, 0.1) is 0 Å². The minimum absolute atomic E-state index is 0.0179. The number of likely N-dealkylation sites (N-methyl/N-ethyl adjacent to an activating group) is 1. The van der Waals surface area contributed by atoms with Gasteiger partial charge in [-0.25, -0.2) is 0 Å². The van der Waals surface area contributed by atoms with E-state index in [2.05, 4.69) is 4.72 Å². The summed E-state index contributed by atoms with van der Waals surface area (Å²) in [5.41, 5.74) is 0. The first-order valence-corrected chi connectivity index (χ1v) is 6.89. The number of hydrogen-bond donors (Lipinski definition) is 2. The number of carbonyl (C=O) groups is 1. The lowest BCUT2D eigenvalue weighted by Gasteiger charge is -2.22. The highest BCUT2D eigenvalue weighted by Crippen LogP contribution is 2.20. The van der Waals surface area contributed by atoms with Crippen LogP contribution in [-0.4, -0.2) is 68.5 Å². The van der Waals surface area contributed by atoms with E-state index in [1.165, 1.54) is 0 Å². The molecule has 0 aromatic rings. The van der Waals surface area contributed by atoms with Gasteiger partial charge in [-0.05, 0) is 26.9 Å². The van der Waals surface area contributed by atoms with Crippen LogP contribution in [0.4, 0.5) is 0 Å². The van der Waals surface area contributed by atoms with Crippen LogP contribution in [0.2, 0.25) is 0 Å². The van der Waals surface area contributed by atoms with Crippen LogP contribution in [0.5, 0.6) is 0 Å². The Morgan fingerprint density at radius 2 is 1.94 bits per heavy atom. The van der Waals surface area contributed by atoms with Crippen LogP contribution in [-0.2, 0) is 15.0 Å². The van der Waals surface area contributed by atoms with Gasteiger partial charge in [-0.3, -0.25) is 4.79 Å². The molecule has 7 nitrogen and oxygen atoms in total. The normalized spacial score (nSPS) is 16.7. The molecule has 0 aromatic heterocycles. The summed E-state index contributed by atoms with van der Waals surface area (Å²) in [7, 11) is -0.0631. The third-order valence-corrected chi connectivity index (χ3v) is 3.96. The minimum Gasteiger partial charge on any atom is -0.480 e. The predicted molar refractivity (Wildman–Crippen MR) is 62.8 cm³/mol. The molecule has 1 aliphatic rings. The summed E-state index contributed by atoms with van der Waals surface area (Å²) in [6.45, 7) is 0.149. The van der Waals surface area contributed by atoms with Crippen molar-refractivity contribution in [2.24, 2.45) is 0 Å². The Morgan fingerprint density at radius 3 is 2.35 bits per heavy atom. The molecule has 0 radical (unpaired) electrons. The quantitative estimate of drug-likeness (QED) is 0.583. The second-order valence-electron chi connectivity index (χ2n) is 4.43. The maximum Gasteiger partial charge on any atom is 0.318 e. The Labute approximate surface area is 102 Å².